The first-order valence-corrected chi connectivity index (χ1v) is 12.1. The van der Waals surface area contributed by atoms with Gasteiger partial charge in [-0.15, -0.1) is 0 Å². The Hall–Kier alpha value is -2.99. The lowest BCUT2D eigenvalue weighted by molar-refractivity contribution is 0.104. The summed E-state index contributed by atoms with van der Waals surface area (Å²) in [4.78, 5) is 16.3. The number of rotatable bonds is 9. The van der Waals surface area contributed by atoms with Crippen LogP contribution in [0.3, 0.4) is 0 Å². The monoisotopic (exact) mass is 445 g/mol. The molecule has 0 N–H and O–H groups in total. The summed E-state index contributed by atoms with van der Waals surface area (Å²) in [5.74, 6) is 0.650. The van der Waals surface area contributed by atoms with Crippen LogP contribution in [-0.2, 0) is 0 Å². The Kier molecular flexibility index (Phi) is 7.00. The minimum absolute atomic E-state index is 0.113. The summed E-state index contributed by atoms with van der Waals surface area (Å²) in [6.07, 6.45) is 0. The van der Waals surface area contributed by atoms with E-state index in [1.165, 1.54) is 0 Å². The highest BCUT2D eigenvalue weighted by Gasteiger charge is 2.29. The highest BCUT2D eigenvalue weighted by Crippen LogP contribution is 2.45. The van der Waals surface area contributed by atoms with Gasteiger partial charge in [-0.05, 0) is 60.2 Å². The van der Waals surface area contributed by atoms with E-state index in [1.54, 1.807) is 12.1 Å². The molecule has 0 aliphatic heterocycles. The molecule has 164 valence electrons. The zero-order valence-corrected chi connectivity index (χ0v) is 19.2. The molecular weight excluding hydrogens is 418 g/mol. The van der Waals surface area contributed by atoms with E-state index in [9.17, 15) is 9.35 Å². The minimum atomic E-state index is -1.42. The second-order valence-electron chi connectivity index (χ2n) is 7.56. The van der Waals surface area contributed by atoms with Crippen LogP contribution in [0.4, 0.5) is 0 Å². The van der Waals surface area contributed by atoms with Gasteiger partial charge in [-0.25, -0.2) is 0 Å². The average molecular weight is 446 g/mol. The quantitative estimate of drug-likeness (QED) is 0.228. The van der Waals surface area contributed by atoms with Crippen LogP contribution in [0, 0.1) is 0 Å². The van der Waals surface area contributed by atoms with Gasteiger partial charge in [0.05, 0.1) is 10.9 Å². The normalized spacial score (nSPS) is 11.8. The smallest absolute Gasteiger partial charge is 0.199 e. The Morgan fingerprint density at radius 2 is 1.56 bits per heavy atom. The van der Waals surface area contributed by atoms with E-state index >= 15 is 0 Å². The third kappa shape index (κ3) is 4.46. The van der Waals surface area contributed by atoms with Crippen LogP contribution in [-0.4, -0.2) is 41.5 Å². The van der Waals surface area contributed by atoms with Crippen LogP contribution in [0.2, 0.25) is 0 Å². The average Bonchev–Trinajstić information content (AvgIpc) is 3.15. The molecule has 32 heavy (non-hydrogen) atoms. The number of ketones is 1. The van der Waals surface area contributed by atoms with Gasteiger partial charge in [0, 0.05) is 17.7 Å². The molecule has 4 rings (SSSR count). The fourth-order valence-electron chi connectivity index (χ4n) is 3.91. The summed E-state index contributed by atoms with van der Waals surface area (Å²) in [6.45, 7) is 7.75. The molecule has 0 amide bonds. The van der Waals surface area contributed by atoms with Crippen molar-refractivity contribution in [2.24, 2.45) is 0 Å². The van der Waals surface area contributed by atoms with Gasteiger partial charge in [0.2, 0.25) is 0 Å². The summed E-state index contributed by atoms with van der Waals surface area (Å²) in [6, 6.07) is 24.2. The number of ether oxygens (including phenoxy) is 1. The molecule has 0 saturated heterocycles. The Bertz CT molecular complexity index is 1200. The second-order valence-corrected chi connectivity index (χ2v) is 8.95. The third-order valence-corrected chi connectivity index (χ3v) is 7.28. The first-order valence-electron chi connectivity index (χ1n) is 10.9. The van der Waals surface area contributed by atoms with Gasteiger partial charge in [0.1, 0.15) is 12.4 Å². The molecule has 3 aromatic carbocycles. The van der Waals surface area contributed by atoms with Crippen molar-refractivity contribution in [3.63, 3.8) is 0 Å². The van der Waals surface area contributed by atoms with Crippen LogP contribution in [0.5, 0.6) is 5.75 Å². The Morgan fingerprint density at radius 1 is 0.906 bits per heavy atom. The molecule has 4 aromatic rings. The van der Waals surface area contributed by atoms with Crippen LogP contribution >= 0.6 is 10.8 Å². The topological polar surface area (TPSA) is 52.6 Å². The lowest BCUT2D eigenvalue weighted by Crippen LogP contribution is -2.27. The van der Waals surface area contributed by atoms with E-state index in [4.69, 9.17) is 4.74 Å². The predicted molar refractivity (Wildman–Crippen MR) is 131 cm³/mol. The number of benzene rings is 3. The van der Waals surface area contributed by atoms with Gasteiger partial charge in [-0.3, -0.25) is 4.79 Å². The van der Waals surface area contributed by atoms with Crippen molar-refractivity contribution in [2.45, 2.75) is 13.8 Å². The third-order valence-electron chi connectivity index (χ3n) is 5.72. The fourth-order valence-corrected chi connectivity index (χ4v) is 5.44. The number of hydrogen-bond donors (Lipinski definition) is 0. The number of carbonyl (C=O) groups excluding carboxylic acids is 1. The molecule has 1 unspecified atom stereocenters. The van der Waals surface area contributed by atoms with Gasteiger partial charge >= 0.3 is 0 Å². The van der Waals surface area contributed by atoms with E-state index in [0.717, 1.165) is 36.3 Å². The summed E-state index contributed by atoms with van der Waals surface area (Å²) < 4.78 is 20.0. The maximum atomic E-state index is 13.4. The van der Waals surface area contributed by atoms with Gasteiger partial charge < -0.3 is 14.2 Å². The van der Waals surface area contributed by atoms with Crippen molar-refractivity contribution >= 4 is 26.6 Å². The second kappa shape index (κ2) is 10.1. The molecular formula is C27H27NO3S. The highest BCUT2D eigenvalue weighted by atomic mass is 32.2. The standard InChI is InChI=1S/C27H27NO3S/c1-3-28(4-2)18-19-31-22-16-14-21(15-17-22)27-25(26(29)20-10-6-5-7-11-20)23-12-8-9-13-24(23)32(27)30/h5-17H,3-4,18-19H2,1-2H3. The summed E-state index contributed by atoms with van der Waals surface area (Å²) in [7, 11) is -1.42. The zero-order chi connectivity index (χ0) is 22.5. The molecule has 0 bridgehead atoms. The molecule has 4 nitrogen and oxygen atoms in total. The van der Waals surface area contributed by atoms with E-state index in [1.807, 2.05) is 66.7 Å². The Morgan fingerprint density at radius 3 is 2.25 bits per heavy atom. The molecule has 5 heteroatoms. The Labute approximate surface area is 191 Å². The molecule has 1 atom stereocenters. The zero-order valence-electron chi connectivity index (χ0n) is 18.4. The summed E-state index contributed by atoms with van der Waals surface area (Å²) in [5, 5.41) is 0.745. The first kappa shape index (κ1) is 22.2. The number of likely N-dealkylation sites (N-methyl/N-ethyl adjacent to an activating group) is 1. The molecule has 1 heterocycles. The largest absolute Gasteiger partial charge is 0.590 e. The van der Waals surface area contributed by atoms with E-state index in [-0.39, 0.29) is 5.78 Å². The van der Waals surface area contributed by atoms with Gasteiger partial charge in [0.25, 0.3) is 0 Å². The molecule has 0 saturated carbocycles. The van der Waals surface area contributed by atoms with Crippen LogP contribution in [0.25, 0.3) is 20.5 Å². The molecule has 0 aliphatic rings. The molecule has 0 aliphatic carbocycles. The summed E-state index contributed by atoms with van der Waals surface area (Å²) >= 11 is 0. The van der Waals surface area contributed by atoms with Gasteiger partial charge in [0.15, 0.2) is 15.4 Å². The van der Waals surface area contributed by atoms with E-state index in [0.29, 0.717) is 27.3 Å². The predicted octanol–water partition coefficient (Wildman–Crippen LogP) is 6.19. The maximum absolute atomic E-state index is 13.4. The van der Waals surface area contributed by atoms with Crippen LogP contribution < -0.4 is 4.74 Å². The molecule has 0 spiro atoms. The van der Waals surface area contributed by atoms with Gasteiger partial charge in [-0.1, -0.05) is 56.3 Å². The van der Waals surface area contributed by atoms with E-state index < -0.39 is 10.8 Å². The lowest BCUT2D eigenvalue weighted by Gasteiger charge is -2.18. The highest BCUT2D eigenvalue weighted by molar-refractivity contribution is 7.35. The van der Waals surface area contributed by atoms with Gasteiger partial charge in [-0.2, -0.15) is 0 Å². The van der Waals surface area contributed by atoms with Crippen molar-refractivity contribution in [1.82, 2.24) is 4.90 Å². The maximum Gasteiger partial charge on any atom is 0.199 e. The summed E-state index contributed by atoms with van der Waals surface area (Å²) in [5.41, 5.74) is 1.88. The van der Waals surface area contributed by atoms with Crippen molar-refractivity contribution in [1.29, 1.82) is 0 Å². The lowest BCUT2D eigenvalue weighted by atomic mass is 9.98. The minimum Gasteiger partial charge on any atom is -0.590 e. The molecule has 0 radical (unpaired) electrons. The van der Waals surface area contributed by atoms with Crippen molar-refractivity contribution in [2.75, 3.05) is 26.2 Å². The number of hydrogen-bond acceptors (Lipinski definition) is 4. The first-order chi connectivity index (χ1) is 15.6. The molecule has 1 aromatic heterocycles. The van der Waals surface area contributed by atoms with E-state index in [2.05, 4.69) is 18.7 Å². The SMILES string of the molecule is CCN(CC)CCOc1ccc(-c2c(C(=O)c3ccccc3)c3ccccc3[s+]2[O-])cc1. The van der Waals surface area contributed by atoms with Crippen LogP contribution in [0.1, 0.15) is 29.8 Å². The Balaban J connectivity index is 1.68. The fraction of sp³-hybridized carbons (Fsp3) is 0.222. The number of fused-ring (bicyclic) bond motifs is 1. The van der Waals surface area contributed by atoms with Crippen molar-refractivity contribution in [3.8, 4) is 16.2 Å². The number of thiophene rings is 1. The van der Waals surface area contributed by atoms with Crippen LogP contribution in [0.15, 0.2) is 78.9 Å². The van der Waals surface area contributed by atoms with Crippen molar-refractivity contribution < 1.29 is 14.1 Å². The number of carbonyl (C=O) groups is 1. The van der Waals surface area contributed by atoms with Crippen molar-refractivity contribution in [3.05, 3.63) is 90.0 Å². The molecule has 0 fully saturated rings. The number of nitrogens with zero attached hydrogens (tertiary/aromatic N) is 1.